The van der Waals surface area contributed by atoms with Crippen molar-refractivity contribution in [3.8, 4) is 5.75 Å². The Morgan fingerprint density at radius 1 is 1.19 bits per heavy atom. The summed E-state index contributed by atoms with van der Waals surface area (Å²) < 4.78 is 64.2. The van der Waals surface area contributed by atoms with Crippen LogP contribution in [-0.2, 0) is 16.6 Å². The zero-order valence-corrected chi connectivity index (χ0v) is 15.3. The van der Waals surface area contributed by atoms with Crippen molar-refractivity contribution in [1.82, 2.24) is 5.32 Å². The number of para-hydroxylation sites is 1. The topological polar surface area (TPSA) is 98.5 Å². The fourth-order valence-electron chi connectivity index (χ4n) is 2.00. The lowest BCUT2D eigenvalue weighted by atomic mass is 10.1. The lowest BCUT2D eigenvalue weighted by molar-refractivity contribution is -0.274. The van der Waals surface area contributed by atoms with Crippen LogP contribution in [0, 0.1) is 0 Å². The third-order valence-corrected chi connectivity index (χ3v) is 4.75. The number of sulfonamides is 1. The van der Waals surface area contributed by atoms with Gasteiger partial charge in [-0.15, -0.1) is 13.2 Å². The molecule has 0 heterocycles. The lowest BCUT2D eigenvalue weighted by Gasteiger charge is -2.14. The molecule has 11 heteroatoms. The average Bonchev–Trinajstić information content (AvgIpc) is 2.51. The molecule has 0 aliphatic rings. The lowest BCUT2D eigenvalue weighted by Crippen LogP contribution is -2.25. The second-order valence-corrected chi connectivity index (χ2v) is 7.44. The van der Waals surface area contributed by atoms with Crippen molar-refractivity contribution in [2.45, 2.75) is 17.8 Å². The van der Waals surface area contributed by atoms with Gasteiger partial charge in [0.15, 0.2) is 0 Å². The summed E-state index contributed by atoms with van der Waals surface area (Å²) in [7, 11) is -4.02. The van der Waals surface area contributed by atoms with Crippen molar-refractivity contribution in [3.05, 3.63) is 58.1 Å². The number of benzene rings is 2. The molecule has 0 unspecified atom stereocenters. The van der Waals surface area contributed by atoms with Crippen LogP contribution >= 0.6 is 15.9 Å². The average molecular weight is 453 g/mol. The zero-order chi connectivity index (χ0) is 19.5. The van der Waals surface area contributed by atoms with Gasteiger partial charge < -0.3 is 10.1 Å². The number of hydrogen-bond acceptors (Lipinski definition) is 4. The number of rotatable bonds is 5. The first-order valence-corrected chi connectivity index (χ1v) is 9.25. The molecule has 3 N–H and O–H groups in total. The minimum atomic E-state index is -4.87. The van der Waals surface area contributed by atoms with E-state index in [-0.39, 0.29) is 22.6 Å². The normalized spacial score (nSPS) is 11.9. The Labute approximate surface area is 155 Å². The smallest absolute Gasteiger partial charge is 0.405 e. The van der Waals surface area contributed by atoms with Crippen molar-refractivity contribution < 1.29 is 31.1 Å². The van der Waals surface area contributed by atoms with Crippen LogP contribution in [0.3, 0.4) is 0 Å². The van der Waals surface area contributed by atoms with Crippen LogP contribution < -0.4 is 15.2 Å². The van der Waals surface area contributed by atoms with Crippen LogP contribution in [-0.4, -0.2) is 20.7 Å². The van der Waals surface area contributed by atoms with Crippen LogP contribution in [0.2, 0.25) is 0 Å². The highest BCUT2D eigenvalue weighted by molar-refractivity contribution is 9.10. The van der Waals surface area contributed by atoms with Gasteiger partial charge in [-0.1, -0.05) is 18.2 Å². The second kappa shape index (κ2) is 7.64. The molecule has 1 amide bonds. The second-order valence-electron chi connectivity index (χ2n) is 5.02. The molecular weight excluding hydrogens is 441 g/mol. The highest BCUT2D eigenvalue weighted by atomic mass is 79.9. The maximum atomic E-state index is 12.4. The Kier molecular flexibility index (Phi) is 5.94. The quantitative estimate of drug-likeness (QED) is 0.728. The van der Waals surface area contributed by atoms with E-state index in [0.29, 0.717) is 4.47 Å². The molecule has 0 aliphatic heterocycles. The summed E-state index contributed by atoms with van der Waals surface area (Å²) in [4.78, 5) is 12.0. The molecule has 140 valence electrons. The fraction of sp³-hybridized carbons (Fsp3) is 0.133. The number of nitrogens with two attached hydrogens (primary N) is 1. The van der Waals surface area contributed by atoms with Crippen LogP contribution in [0.25, 0.3) is 0 Å². The van der Waals surface area contributed by atoms with Gasteiger partial charge in [0.1, 0.15) is 5.75 Å². The molecule has 26 heavy (non-hydrogen) atoms. The number of amides is 1. The van der Waals surface area contributed by atoms with E-state index in [4.69, 9.17) is 5.14 Å². The first-order chi connectivity index (χ1) is 12.0. The SMILES string of the molecule is NS(=O)(=O)c1ccc(Br)c(C(=O)NCc2ccccc2OC(F)(F)F)c1. The van der Waals surface area contributed by atoms with E-state index in [1.807, 2.05) is 0 Å². The number of primary sulfonamides is 1. The van der Waals surface area contributed by atoms with E-state index in [2.05, 4.69) is 26.0 Å². The summed E-state index contributed by atoms with van der Waals surface area (Å²) in [6, 6.07) is 8.93. The van der Waals surface area contributed by atoms with E-state index in [1.54, 1.807) is 0 Å². The van der Waals surface area contributed by atoms with Crippen molar-refractivity contribution >= 4 is 31.9 Å². The molecule has 0 atom stereocenters. The summed E-state index contributed by atoms with van der Waals surface area (Å²) in [5, 5.41) is 7.43. The Hall–Kier alpha value is -2.11. The number of alkyl halides is 3. The Bertz CT molecular complexity index is 933. The summed E-state index contributed by atoms with van der Waals surface area (Å²) in [5.41, 5.74) is 0.0580. The first kappa shape index (κ1) is 20.2. The molecule has 0 aromatic heterocycles. The van der Waals surface area contributed by atoms with E-state index in [9.17, 15) is 26.4 Å². The molecule has 0 radical (unpaired) electrons. The third-order valence-electron chi connectivity index (χ3n) is 3.15. The van der Waals surface area contributed by atoms with Gasteiger partial charge in [0, 0.05) is 16.6 Å². The Morgan fingerprint density at radius 3 is 2.46 bits per heavy atom. The number of nitrogens with one attached hydrogen (secondary N) is 1. The molecule has 2 rings (SSSR count). The molecule has 0 aliphatic carbocycles. The van der Waals surface area contributed by atoms with Gasteiger partial charge >= 0.3 is 6.36 Å². The standard InChI is InChI=1S/C15H12BrF3N2O4S/c16-12-6-5-10(26(20,23)24)7-11(12)14(22)21-8-9-3-1-2-4-13(9)25-15(17,18)19/h1-7H,8H2,(H,21,22)(H2,20,23,24). The number of carbonyl (C=O) groups is 1. The predicted octanol–water partition coefficient (Wildman–Crippen LogP) is 2.93. The predicted molar refractivity (Wildman–Crippen MR) is 89.8 cm³/mol. The first-order valence-electron chi connectivity index (χ1n) is 6.91. The molecule has 2 aromatic carbocycles. The maximum Gasteiger partial charge on any atom is 0.573 e. The van der Waals surface area contributed by atoms with Gasteiger partial charge in [0.2, 0.25) is 10.0 Å². The van der Waals surface area contributed by atoms with Crippen LogP contribution in [0.5, 0.6) is 5.75 Å². The number of halogens is 4. The largest absolute Gasteiger partial charge is 0.573 e. The van der Waals surface area contributed by atoms with Crippen molar-refractivity contribution in [2.24, 2.45) is 5.14 Å². The Morgan fingerprint density at radius 2 is 1.85 bits per heavy atom. The molecule has 6 nitrogen and oxygen atoms in total. The van der Waals surface area contributed by atoms with Gasteiger partial charge in [0.05, 0.1) is 10.5 Å². The molecule has 0 bridgehead atoms. The molecule has 2 aromatic rings. The summed E-state index contributed by atoms with van der Waals surface area (Å²) in [5.74, 6) is -1.15. The number of ether oxygens (including phenoxy) is 1. The summed E-state index contributed by atoms with van der Waals surface area (Å²) >= 11 is 3.11. The van der Waals surface area contributed by atoms with Crippen molar-refractivity contribution in [1.29, 1.82) is 0 Å². The fourth-order valence-corrected chi connectivity index (χ4v) is 2.97. The highest BCUT2D eigenvalue weighted by Gasteiger charge is 2.32. The van der Waals surface area contributed by atoms with E-state index in [1.165, 1.54) is 30.3 Å². The summed E-state index contributed by atoms with van der Waals surface area (Å²) in [6.07, 6.45) is -4.87. The zero-order valence-electron chi connectivity index (χ0n) is 12.9. The highest BCUT2D eigenvalue weighted by Crippen LogP contribution is 2.26. The van der Waals surface area contributed by atoms with Gasteiger partial charge in [-0.25, -0.2) is 13.6 Å². The van der Waals surface area contributed by atoms with Crippen molar-refractivity contribution in [3.63, 3.8) is 0 Å². The minimum Gasteiger partial charge on any atom is -0.405 e. The molecule has 0 saturated carbocycles. The number of carbonyl (C=O) groups excluding carboxylic acids is 1. The third kappa shape index (κ3) is 5.44. The molecule has 0 saturated heterocycles. The Balaban J connectivity index is 2.20. The molecule has 0 fully saturated rings. The molecule has 0 spiro atoms. The minimum absolute atomic E-state index is 0.0363. The van der Waals surface area contributed by atoms with Gasteiger partial charge in [-0.2, -0.15) is 0 Å². The maximum absolute atomic E-state index is 12.4. The van der Waals surface area contributed by atoms with E-state index >= 15 is 0 Å². The monoisotopic (exact) mass is 452 g/mol. The summed E-state index contributed by atoms with van der Waals surface area (Å²) in [6.45, 7) is -0.267. The van der Waals surface area contributed by atoms with Crippen LogP contribution in [0.1, 0.15) is 15.9 Å². The number of hydrogen-bond donors (Lipinski definition) is 2. The molecular formula is C15H12BrF3N2O4S. The van der Waals surface area contributed by atoms with Crippen molar-refractivity contribution in [2.75, 3.05) is 0 Å². The van der Waals surface area contributed by atoms with Crippen LogP contribution in [0.15, 0.2) is 51.8 Å². The van der Waals surface area contributed by atoms with Gasteiger partial charge in [0.25, 0.3) is 5.91 Å². The van der Waals surface area contributed by atoms with Gasteiger partial charge in [-0.05, 0) is 40.2 Å². The van der Waals surface area contributed by atoms with E-state index in [0.717, 1.165) is 12.1 Å². The van der Waals surface area contributed by atoms with Gasteiger partial charge in [-0.3, -0.25) is 4.79 Å². The van der Waals surface area contributed by atoms with E-state index < -0.39 is 28.0 Å². The van der Waals surface area contributed by atoms with Crippen LogP contribution in [0.4, 0.5) is 13.2 Å².